The molecule has 4 N–H and O–H groups in total. The predicted molar refractivity (Wildman–Crippen MR) is 77.4 cm³/mol. The van der Waals surface area contributed by atoms with Gasteiger partial charge in [0.05, 0.1) is 11.0 Å². The van der Waals surface area contributed by atoms with E-state index in [-0.39, 0.29) is 5.95 Å². The second-order valence-electron chi connectivity index (χ2n) is 4.66. The molecule has 2 rings (SSSR count). The largest absolute Gasteiger partial charge is 0.388 e. The number of thiophene rings is 1. The van der Waals surface area contributed by atoms with E-state index in [2.05, 4.69) is 15.3 Å². The Balaban J connectivity index is 2.11. The monoisotopic (exact) mass is 282 g/mol. The van der Waals surface area contributed by atoms with Gasteiger partial charge in [-0.2, -0.15) is 4.98 Å². The minimum Gasteiger partial charge on any atom is -0.388 e. The standard InChI is InChI=1S/C12H18N4O2S/c1-12(17,4-5-18-2)7-14-9-8-3-6-19-10(8)16-11(13)15-9/h3,6,17H,4-5,7H2,1-2H3,(H3,13,14,15,16). The van der Waals surface area contributed by atoms with Crippen LogP contribution in [0.25, 0.3) is 10.2 Å². The van der Waals surface area contributed by atoms with E-state index in [1.807, 2.05) is 11.4 Å². The van der Waals surface area contributed by atoms with Gasteiger partial charge < -0.3 is 20.9 Å². The maximum absolute atomic E-state index is 10.2. The van der Waals surface area contributed by atoms with Gasteiger partial charge in [-0.25, -0.2) is 4.98 Å². The molecule has 104 valence electrons. The van der Waals surface area contributed by atoms with E-state index in [0.29, 0.717) is 25.4 Å². The van der Waals surface area contributed by atoms with Crippen LogP contribution in [0, 0.1) is 0 Å². The Bertz CT molecular complexity index is 556. The summed E-state index contributed by atoms with van der Waals surface area (Å²) >= 11 is 1.51. The SMILES string of the molecule is COCCC(C)(O)CNc1nc(N)nc2sccc12. The lowest BCUT2D eigenvalue weighted by atomic mass is 10.0. The van der Waals surface area contributed by atoms with Crippen molar-refractivity contribution in [1.29, 1.82) is 0 Å². The van der Waals surface area contributed by atoms with E-state index in [9.17, 15) is 5.11 Å². The fourth-order valence-electron chi connectivity index (χ4n) is 1.69. The normalized spacial score (nSPS) is 14.5. The van der Waals surface area contributed by atoms with E-state index in [1.165, 1.54) is 11.3 Å². The van der Waals surface area contributed by atoms with Crippen LogP contribution in [0.1, 0.15) is 13.3 Å². The van der Waals surface area contributed by atoms with Crippen molar-refractivity contribution in [2.24, 2.45) is 0 Å². The number of hydrogen-bond donors (Lipinski definition) is 3. The number of anilines is 2. The molecule has 0 aromatic carbocycles. The van der Waals surface area contributed by atoms with Gasteiger partial charge in [0.1, 0.15) is 10.6 Å². The molecule has 2 aromatic rings. The lowest BCUT2D eigenvalue weighted by molar-refractivity contribution is 0.0357. The lowest BCUT2D eigenvalue weighted by Gasteiger charge is -2.23. The number of aromatic nitrogens is 2. The molecule has 2 heterocycles. The summed E-state index contributed by atoms with van der Waals surface area (Å²) in [7, 11) is 1.61. The molecular formula is C12H18N4O2S. The Morgan fingerprint density at radius 1 is 1.53 bits per heavy atom. The summed E-state index contributed by atoms with van der Waals surface area (Å²) in [5, 5.41) is 16.2. The Hall–Kier alpha value is -1.44. The van der Waals surface area contributed by atoms with Crippen LogP contribution in [0.5, 0.6) is 0 Å². The molecule has 7 heteroatoms. The number of fused-ring (bicyclic) bond motifs is 1. The number of ether oxygens (including phenoxy) is 1. The first-order valence-electron chi connectivity index (χ1n) is 5.98. The van der Waals surface area contributed by atoms with Crippen LogP contribution in [-0.2, 0) is 4.74 Å². The molecule has 0 bridgehead atoms. The first-order valence-corrected chi connectivity index (χ1v) is 6.86. The molecule has 0 aliphatic carbocycles. The summed E-state index contributed by atoms with van der Waals surface area (Å²) in [6, 6.07) is 1.94. The molecule has 2 aromatic heterocycles. The second kappa shape index (κ2) is 5.68. The van der Waals surface area contributed by atoms with E-state index in [1.54, 1.807) is 14.0 Å². The fraction of sp³-hybridized carbons (Fsp3) is 0.500. The van der Waals surface area contributed by atoms with Gasteiger partial charge in [-0.05, 0) is 18.4 Å². The lowest BCUT2D eigenvalue weighted by Crippen LogP contribution is -2.35. The predicted octanol–water partition coefficient (Wildman–Crippen LogP) is 1.47. The minimum atomic E-state index is -0.863. The number of nitrogens with one attached hydrogen (secondary N) is 1. The molecule has 0 saturated heterocycles. The Morgan fingerprint density at radius 2 is 2.32 bits per heavy atom. The second-order valence-corrected chi connectivity index (χ2v) is 5.56. The van der Waals surface area contributed by atoms with Crippen molar-refractivity contribution in [2.45, 2.75) is 18.9 Å². The highest BCUT2D eigenvalue weighted by Crippen LogP contribution is 2.26. The molecule has 0 aliphatic rings. The van der Waals surface area contributed by atoms with Gasteiger partial charge in [0.2, 0.25) is 5.95 Å². The van der Waals surface area contributed by atoms with Crippen molar-refractivity contribution in [3.8, 4) is 0 Å². The van der Waals surface area contributed by atoms with Crippen molar-refractivity contribution in [3.63, 3.8) is 0 Å². The van der Waals surface area contributed by atoms with Gasteiger partial charge >= 0.3 is 0 Å². The first-order chi connectivity index (χ1) is 9.02. The quantitative estimate of drug-likeness (QED) is 0.743. The molecule has 0 amide bonds. The highest BCUT2D eigenvalue weighted by Gasteiger charge is 2.20. The zero-order valence-electron chi connectivity index (χ0n) is 11.0. The van der Waals surface area contributed by atoms with Crippen LogP contribution in [-0.4, -0.2) is 40.9 Å². The summed E-state index contributed by atoms with van der Waals surface area (Å²) in [5.74, 6) is 0.885. The Labute approximate surface area is 115 Å². The average molecular weight is 282 g/mol. The molecule has 0 saturated carbocycles. The Kier molecular flexibility index (Phi) is 4.18. The molecule has 6 nitrogen and oxygen atoms in total. The third-order valence-corrected chi connectivity index (χ3v) is 3.63. The van der Waals surface area contributed by atoms with Crippen molar-refractivity contribution in [3.05, 3.63) is 11.4 Å². The Morgan fingerprint density at radius 3 is 3.05 bits per heavy atom. The molecule has 1 atom stereocenters. The van der Waals surface area contributed by atoms with E-state index < -0.39 is 5.60 Å². The van der Waals surface area contributed by atoms with Gasteiger partial charge in [0, 0.05) is 26.7 Å². The number of nitrogen functional groups attached to an aromatic ring is 1. The maximum Gasteiger partial charge on any atom is 0.223 e. The summed E-state index contributed by atoms with van der Waals surface area (Å²) < 4.78 is 4.97. The van der Waals surface area contributed by atoms with Crippen LogP contribution in [0.2, 0.25) is 0 Å². The molecule has 1 unspecified atom stereocenters. The highest BCUT2D eigenvalue weighted by molar-refractivity contribution is 7.16. The van der Waals surface area contributed by atoms with Crippen molar-refractivity contribution in [2.75, 3.05) is 31.3 Å². The van der Waals surface area contributed by atoms with Crippen molar-refractivity contribution < 1.29 is 9.84 Å². The molecule has 0 aliphatic heterocycles. The van der Waals surface area contributed by atoms with E-state index in [0.717, 1.165) is 10.2 Å². The highest BCUT2D eigenvalue weighted by atomic mass is 32.1. The molecule has 0 spiro atoms. The number of methoxy groups -OCH3 is 1. The molecule has 0 fully saturated rings. The van der Waals surface area contributed by atoms with Crippen LogP contribution in [0.15, 0.2) is 11.4 Å². The number of rotatable bonds is 6. The van der Waals surface area contributed by atoms with Gasteiger partial charge in [0.15, 0.2) is 0 Å². The van der Waals surface area contributed by atoms with Gasteiger partial charge in [0.25, 0.3) is 0 Å². The van der Waals surface area contributed by atoms with E-state index in [4.69, 9.17) is 10.5 Å². The number of aliphatic hydroxyl groups is 1. The fourth-order valence-corrected chi connectivity index (χ4v) is 2.46. The minimum absolute atomic E-state index is 0.231. The summed E-state index contributed by atoms with van der Waals surface area (Å²) in [6.07, 6.45) is 0.545. The topological polar surface area (TPSA) is 93.3 Å². The average Bonchev–Trinajstić information content (AvgIpc) is 2.81. The van der Waals surface area contributed by atoms with Gasteiger partial charge in [-0.3, -0.25) is 0 Å². The van der Waals surface area contributed by atoms with Crippen LogP contribution < -0.4 is 11.1 Å². The van der Waals surface area contributed by atoms with Crippen LogP contribution in [0.3, 0.4) is 0 Å². The van der Waals surface area contributed by atoms with Gasteiger partial charge in [-0.15, -0.1) is 11.3 Å². The number of nitrogens with zero attached hydrogens (tertiary/aromatic N) is 2. The summed E-state index contributed by atoms with van der Waals surface area (Å²) in [5.41, 5.74) is 4.80. The zero-order chi connectivity index (χ0) is 13.9. The maximum atomic E-state index is 10.2. The molecular weight excluding hydrogens is 264 g/mol. The zero-order valence-corrected chi connectivity index (χ0v) is 11.8. The van der Waals surface area contributed by atoms with E-state index >= 15 is 0 Å². The number of hydrogen-bond acceptors (Lipinski definition) is 7. The first kappa shape index (κ1) is 14.0. The third-order valence-electron chi connectivity index (χ3n) is 2.82. The number of nitrogens with two attached hydrogens (primary N) is 1. The van der Waals surface area contributed by atoms with Crippen molar-refractivity contribution in [1.82, 2.24) is 9.97 Å². The smallest absolute Gasteiger partial charge is 0.223 e. The summed E-state index contributed by atoms with van der Waals surface area (Å²) in [4.78, 5) is 9.17. The van der Waals surface area contributed by atoms with Crippen molar-refractivity contribution >= 4 is 33.3 Å². The molecule has 0 radical (unpaired) electrons. The summed E-state index contributed by atoms with van der Waals surface area (Å²) in [6.45, 7) is 2.64. The van der Waals surface area contributed by atoms with Gasteiger partial charge in [-0.1, -0.05) is 0 Å². The molecule has 19 heavy (non-hydrogen) atoms. The van der Waals surface area contributed by atoms with Crippen LogP contribution >= 0.6 is 11.3 Å². The van der Waals surface area contributed by atoms with Crippen LogP contribution in [0.4, 0.5) is 11.8 Å². The third kappa shape index (κ3) is 3.52.